The molecule has 0 saturated carbocycles. The molecule has 0 radical (unpaired) electrons. The van der Waals surface area contributed by atoms with Crippen molar-refractivity contribution in [2.45, 2.75) is 19.7 Å². The van der Waals surface area contributed by atoms with Gasteiger partial charge in [0.15, 0.2) is 0 Å². The number of pyridine rings is 1. The maximum Gasteiger partial charge on any atom is 0.433 e. The number of aliphatic hydroxyl groups excluding tert-OH is 1. The van der Waals surface area contributed by atoms with Gasteiger partial charge in [0.2, 0.25) is 5.88 Å². The van der Waals surface area contributed by atoms with Gasteiger partial charge in [0.25, 0.3) is 0 Å². The predicted molar refractivity (Wildman–Crippen MR) is 46.3 cm³/mol. The molecule has 1 aromatic heterocycles. The van der Waals surface area contributed by atoms with E-state index in [1.54, 1.807) is 6.92 Å². The van der Waals surface area contributed by atoms with Crippen molar-refractivity contribution in [3.63, 3.8) is 0 Å². The van der Waals surface area contributed by atoms with E-state index in [9.17, 15) is 13.2 Å². The Morgan fingerprint density at radius 3 is 2.53 bits per heavy atom. The smallest absolute Gasteiger partial charge is 0.433 e. The fraction of sp³-hybridized carbons (Fsp3) is 0.444. The van der Waals surface area contributed by atoms with E-state index < -0.39 is 18.5 Å². The van der Waals surface area contributed by atoms with Gasteiger partial charge >= 0.3 is 6.18 Å². The fourth-order valence-corrected chi connectivity index (χ4v) is 1.01. The number of nitrogens with zero attached hydrogens (tertiary/aromatic N) is 1. The predicted octanol–water partition coefficient (Wildman–Crippen LogP) is 1.99. The molecule has 0 aliphatic rings. The third kappa shape index (κ3) is 2.82. The van der Waals surface area contributed by atoms with Gasteiger partial charge in [-0.05, 0) is 19.1 Å². The average Bonchev–Trinajstić information content (AvgIpc) is 2.17. The van der Waals surface area contributed by atoms with Gasteiger partial charge in [-0.1, -0.05) is 0 Å². The van der Waals surface area contributed by atoms with Crippen LogP contribution in [0.4, 0.5) is 13.2 Å². The van der Waals surface area contributed by atoms with Gasteiger partial charge in [-0.2, -0.15) is 13.2 Å². The summed E-state index contributed by atoms with van der Waals surface area (Å²) in [4.78, 5) is 3.30. The summed E-state index contributed by atoms with van der Waals surface area (Å²) in [7, 11) is 0. The van der Waals surface area contributed by atoms with Crippen LogP contribution in [0.2, 0.25) is 0 Å². The minimum Gasteiger partial charge on any atom is -0.478 e. The molecular weight excluding hydrogens is 211 g/mol. The van der Waals surface area contributed by atoms with E-state index in [4.69, 9.17) is 9.84 Å². The normalized spacial score (nSPS) is 11.5. The van der Waals surface area contributed by atoms with Gasteiger partial charge in [0, 0.05) is 5.56 Å². The van der Waals surface area contributed by atoms with Crippen molar-refractivity contribution in [1.29, 1.82) is 0 Å². The first-order valence-electron chi connectivity index (χ1n) is 4.29. The zero-order valence-electron chi connectivity index (χ0n) is 8.01. The molecule has 84 valence electrons. The molecule has 1 N–H and O–H groups in total. The topological polar surface area (TPSA) is 42.4 Å². The second-order valence-electron chi connectivity index (χ2n) is 2.75. The molecule has 3 nitrogen and oxygen atoms in total. The molecule has 0 aliphatic heterocycles. The highest BCUT2D eigenvalue weighted by Crippen LogP contribution is 2.30. The second-order valence-corrected chi connectivity index (χ2v) is 2.75. The summed E-state index contributed by atoms with van der Waals surface area (Å²) in [6, 6.07) is 1.97. The number of alkyl halides is 3. The third-order valence-corrected chi connectivity index (χ3v) is 1.68. The number of hydrogen-bond acceptors (Lipinski definition) is 3. The van der Waals surface area contributed by atoms with Gasteiger partial charge in [-0.15, -0.1) is 0 Å². The Labute approximate surface area is 84.5 Å². The summed E-state index contributed by atoms with van der Waals surface area (Å²) < 4.78 is 41.7. The molecule has 0 atom stereocenters. The first-order valence-corrected chi connectivity index (χ1v) is 4.29. The average molecular weight is 221 g/mol. The van der Waals surface area contributed by atoms with Crippen LogP contribution in [0.15, 0.2) is 12.1 Å². The first kappa shape index (κ1) is 11.8. The molecule has 0 aliphatic carbocycles. The zero-order valence-corrected chi connectivity index (χ0v) is 8.01. The van der Waals surface area contributed by atoms with Crippen LogP contribution in [0, 0.1) is 0 Å². The Morgan fingerprint density at radius 2 is 2.07 bits per heavy atom. The highest BCUT2D eigenvalue weighted by atomic mass is 19.4. The lowest BCUT2D eigenvalue weighted by Crippen LogP contribution is -2.10. The Bertz CT molecular complexity index is 339. The standard InChI is InChI=1S/C9H10F3NO2/c1-2-15-8-6(5-14)3-4-7(13-8)9(10,11)12/h3-4,14H,2,5H2,1H3. The maximum atomic E-state index is 12.3. The monoisotopic (exact) mass is 221 g/mol. The third-order valence-electron chi connectivity index (χ3n) is 1.68. The van der Waals surface area contributed by atoms with Crippen molar-refractivity contribution in [3.05, 3.63) is 23.4 Å². The summed E-state index contributed by atoms with van der Waals surface area (Å²) in [5, 5.41) is 8.84. The molecule has 1 rings (SSSR count). The molecule has 15 heavy (non-hydrogen) atoms. The summed E-state index contributed by atoms with van der Waals surface area (Å²) in [6.07, 6.45) is -4.50. The minimum absolute atomic E-state index is 0.171. The maximum absolute atomic E-state index is 12.3. The van der Waals surface area contributed by atoms with Crippen molar-refractivity contribution in [2.75, 3.05) is 6.61 Å². The molecule has 1 heterocycles. The summed E-state index contributed by atoms with van der Waals surface area (Å²) in [6.45, 7) is 1.42. The van der Waals surface area contributed by atoms with Crippen LogP contribution in [-0.2, 0) is 12.8 Å². The second kappa shape index (κ2) is 4.48. The van der Waals surface area contributed by atoms with Gasteiger partial charge in [-0.25, -0.2) is 4.98 Å². The van der Waals surface area contributed by atoms with Gasteiger partial charge in [-0.3, -0.25) is 0 Å². The molecule has 6 heteroatoms. The van der Waals surface area contributed by atoms with E-state index in [0.29, 0.717) is 0 Å². The van der Waals surface area contributed by atoms with E-state index in [2.05, 4.69) is 4.98 Å². The molecule has 0 spiro atoms. The van der Waals surface area contributed by atoms with Gasteiger partial charge in [0.1, 0.15) is 5.69 Å². The SMILES string of the molecule is CCOc1nc(C(F)(F)F)ccc1CO. The van der Waals surface area contributed by atoms with E-state index in [0.717, 1.165) is 12.1 Å². The molecule has 0 unspecified atom stereocenters. The fourth-order valence-electron chi connectivity index (χ4n) is 1.01. The lowest BCUT2D eigenvalue weighted by molar-refractivity contribution is -0.141. The molecule has 0 amide bonds. The number of halogens is 3. The van der Waals surface area contributed by atoms with Crippen LogP contribution in [0.25, 0.3) is 0 Å². The number of aliphatic hydroxyl groups is 1. The van der Waals surface area contributed by atoms with E-state index in [1.165, 1.54) is 0 Å². The Morgan fingerprint density at radius 1 is 1.40 bits per heavy atom. The van der Waals surface area contributed by atoms with E-state index in [-0.39, 0.29) is 18.1 Å². The number of aromatic nitrogens is 1. The molecule has 0 saturated heterocycles. The molecule has 0 bridgehead atoms. The van der Waals surface area contributed by atoms with Crippen molar-refractivity contribution < 1.29 is 23.0 Å². The summed E-state index contributed by atoms with van der Waals surface area (Å²) >= 11 is 0. The quantitative estimate of drug-likeness (QED) is 0.848. The van der Waals surface area contributed by atoms with Crippen LogP contribution in [0.3, 0.4) is 0 Å². The summed E-state index contributed by atoms with van der Waals surface area (Å²) in [5.41, 5.74) is -0.784. The van der Waals surface area contributed by atoms with Crippen LogP contribution < -0.4 is 4.74 Å². The molecular formula is C9H10F3NO2. The number of ether oxygens (including phenoxy) is 1. The number of hydrogen-bond donors (Lipinski definition) is 1. The van der Waals surface area contributed by atoms with Crippen LogP contribution in [-0.4, -0.2) is 16.7 Å². The highest BCUT2D eigenvalue weighted by molar-refractivity contribution is 5.28. The molecule has 1 aromatic rings. The Hall–Kier alpha value is -1.30. The minimum atomic E-state index is -4.50. The number of rotatable bonds is 3. The van der Waals surface area contributed by atoms with Crippen molar-refractivity contribution >= 4 is 0 Å². The highest BCUT2D eigenvalue weighted by Gasteiger charge is 2.33. The van der Waals surface area contributed by atoms with Crippen LogP contribution in [0.1, 0.15) is 18.2 Å². The van der Waals surface area contributed by atoms with Crippen LogP contribution >= 0.6 is 0 Å². The largest absolute Gasteiger partial charge is 0.478 e. The Kier molecular flexibility index (Phi) is 3.52. The van der Waals surface area contributed by atoms with Gasteiger partial charge < -0.3 is 9.84 Å². The summed E-state index contributed by atoms with van der Waals surface area (Å²) in [5.74, 6) is -0.171. The lowest BCUT2D eigenvalue weighted by Gasteiger charge is -2.10. The molecule has 0 fully saturated rings. The van der Waals surface area contributed by atoms with Crippen LogP contribution in [0.5, 0.6) is 5.88 Å². The Balaban J connectivity index is 3.10. The zero-order chi connectivity index (χ0) is 11.5. The molecule has 0 aromatic carbocycles. The lowest BCUT2D eigenvalue weighted by atomic mass is 10.2. The van der Waals surface area contributed by atoms with Gasteiger partial charge in [0.05, 0.1) is 13.2 Å². The van der Waals surface area contributed by atoms with Crippen molar-refractivity contribution in [3.8, 4) is 5.88 Å². The van der Waals surface area contributed by atoms with Crippen molar-refractivity contribution in [2.24, 2.45) is 0 Å². The van der Waals surface area contributed by atoms with E-state index in [1.807, 2.05) is 0 Å². The first-order chi connectivity index (χ1) is 6.99. The van der Waals surface area contributed by atoms with E-state index >= 15 is 0 Å². The van der Waals surface area contributed by atoms with Crippen molar-refractivity contribution in [1.82, 2.24) is 4.98 Å².